The number of thiophene rings is 1. The second-order valence-corrected chi connectivity index (χ2v) is 8.30. The van der Waals surface area contributed by atoms with Gasteiger partial charge in [0.15, 0.2) is 6.54 Å². The van der Waals surface area contributed by atoms with Gasteiger partial charge in [-0.15, -0.1) is 11.3 Å². The molecule has 3 rings (SSSR count). The van der Waals surface area contributed by atoms with Crippen molar-refractivity contribution in [3.8, 4) is 0 Å². The molecule has 0 radical (unpaired) electrons. The number of hydrogen-bond donors (Lipinski definition) is 3. The first kappa shape index (κ1) is 18.4. The Labute approximate surface area is 153 Å². The van der Waals surface area contributed by atoms with Crippen LogP contribution in [0.2, 0.25) is 0 Å². The van der Waals surface area contributed by atoms with E-state index in [1.165, 1.54) is 28.2 Å². The number of rotatable bonds is 4. The molecule has 1 aromatic rings. The Kier molecular flexibility index (Phi) is 6.09. The van der Waals surface area contributed by atoms with Crippen molar-refractivity contribution in [3.63, 3.8) is 0 Å². The molecule has 0 spiro atoms. The van der Waals surface area contributed by atoms with Crippen molar-refractivity contribution in [1.29, 1.82) is 0 Å². The van der Waals surface area contributed by atoms with Crippen molar-refractivity contribution in [2.24, 2.45) is 0 Å². The van der Waals surface area contributed by atoms with Crippen LogP contribution in [0.5, 0.6) is 0 Å². The van der Waals surface area contributed by atoms with Crippen LogP contribution in [0.25, 0.3) is 0 Å². The molecule has 138 valence electrons. The second kappa shape index (κ2) is 8.29. The molecule has 1 aliphatic carbocycles. The van der Waals surface area contributed by atoms with E-state index in [0.29, 0.717) is 17.1 Å². The molecule has 2 heterocycles. The number of aryl methyl sites for hydroxylation is 1. The zero-order chi connectivity index (χ0) is 17.8. The highest BCUT2D eigenvalue weighted by Crippen LogP contribution is 2.37. The summed E-state index contributed by atoms with van der Waals surface area (Å²) >= 11 is 1.56. The van der Waals surface area contributed by atoms with E-state index in [1.807, 2.05) is 0 Å². The third kappa shape index (κ3) is 4.40. The zero-order valence-corrected chi connectivity index (χ0v) is 16.0. The molecule has 0 unspecified atom stereocenters. The lowest BCUT2D eigenvalue weighted by Gasteiger charge is -2.26. The SMILES string of the molecule is COC(=O)c1c(NC(=O)C[NH+]2CC[NH+](C)CC2)sc2c1CCCCC2. The number of carbonyl (C=O) groups is 2. The minimum atomic E-state index is -0.328. The Morgan fingerprint density at radius 3 is 2.56 bits per heavy atom. The van der Waals surface area contributed by atoms with E-state index >= 15 is 0 Å². The molecule has 0 bridgehead atoms. The number of amides is 1. The number of carbonyl (C=O) groups excluding carboxylic acids is 2. The van der Waals surface area contributed by atoms with Crippen LogP contribution >= 0.6 is 11.3 Å². The number of esters is 1. The lowest BCUT2D eigenvalue weighted by atomic mass is 10.1. The van der Waals surface area contributed by atoms with Gasteiger partial charge in [0.1, 0.15) is 31.2 Å². The third-order valence-electron chi connectivity index (χ3n) is 5.28. The van der Waals surface area contributed by atoms with Crippen LogP contribution in [-0.2, 0) is 22.4 Å². The van der Waals surface area contributed by atoms with Crippen LogP contribution in [0.15, 0.2) is 0 Å². The first-order chi connectivity index (χ1) is 12.1. The highest BCUT2D eigenvalue weighted by atomic mass is 32.1. The normalized spacial score (nSPS) is 23.4. The van der Waals surface area contributed by atoms with Crippen LogP contribution in [-0.4, -0.2) is 58.8 Å². The van der Waals surface area contributed by atoms with E-state index in [9.17, 15) is 9.59 Å². The minimum absolute atomic E-state index is 0.00360. The number of anilines is 1. The highest BCUT2D eigenvalue weighted by molar-refractivity contribution is 7.17. The van der Waals surface area contributed by atoms with Crippen molar-refractivity contribution in [2.75, 3.05) is 52.2 Å². The van der Waals surface area contributed by atoms with Crippen LogP contribution in [0.3, 0.4) is 0 Å². The molecule has 1 aliphatic heterocycles. The highest BCUT2D eigenvalue weighted by Gasteiger charge is 2.28. The minimum Gasteiger partial charge on any atom is -0.465 e. The predicted octanol–water partition coefficient (Wildman–Crippen LogP) is -0.845. The van der Waals surface area contributed by atoms with E-state index in [0.717, 1.165) is 57.4 Å². The smallest absolute Gasteiger partial charge is 0.341 e. The number of nitrogens with one attached hydrogen (secondary N) is 3. The van der Waals surface area contributed by atoms with Crippen LogP contribution in [0.1, 0.15) is 40.1 Å². The Hall–Kier alpha value is -1.44. The first-order valence-corrected chi connectivity index (χ1v) is 10.1. The van der Waals surface area contributed by atoms with Gasteiger partial charge in [-0.3, -0.25) is 4.79 Å². The Balaban J connectivity index is 1.72. The van der Waals surface area contributed by atoms with Gasteiger partial charge in [0.25, 0.3) is 5.91 Å². The van der Waals surface area contributed by atoms with Crippen molar-refractivity contribution < 1.29 is 24.1 Å². The van der Waals surface area contributed by atoms with Gasteiger partial charge in [-0.25, -0.2) is 4.79 Å². The standard InChI is InChI=1S/C18H27N3O3S/c1-20-8-10-21(11-9-20)12-15(22)19-17-16(18(23)24-2)13-6-4-3-5-7-14(13)25-17/h3-12H2,1-2H3,(H,19,22)/p+2. The maximum atomic E-state index is 12.5. The van der Waals surface area contributed by atoms with Crippen LogP contribution in [0, 0.1) is 0 Å². The van der Waals surface area contributed by atoms with Gasteiger partial charge >= 0.3 is 5.97 Å². The molecule has 1 saturated heterocycles. The molecule has 1 aromatic heterocycles. The van der Waals surface area contributed by atoms with Gasteiger partial charge in [-0.05, 0) is 31.2 Å². The van der Waals surface area contributed by atoms with Gasteiger partial charge in [0.2, 0.25) is 0 Å². The lowest BCUT2D eigenvalue weighted by Crippen LogP contribution is -3.27. The summed E-state index contributed by atoms with van der Waals surface area (Å²) in [7, 11) is 3.60. The molecular formula is C18H29N3O3S+2. The maximum absolute atomic E-state index is 12.5. The number of hydrogen-bond acceptors (Lipinski definition) is 4. The van der Waals surface area contributed by atoms with Crippen LogP contribution in [0.4, 0.5) is 5.00 Å². The summed E-state index contributed by atoms with van der Waals surface area (Å²) in [6, 6.07) is 0. The topological polar surface area (TPSA) is 64.3 Å². The summed E-state index contributed by atoms with van der Waals surface area (Å²) in [6.45, 7) is 4.71. The summed E-state index contributed by atoms with van der Waals surface area (Å²) in [4.78, 5) is 28.9. The Bertz CT molecular complexity index is 636. The fourth-order valence-corrected chi connectivity index (χ4v) is 5.05. The quantitative estimate of drug-likeness (QED) is 0.480. The lowest BCUT2D eigenvalue weighted by molar-refractivity contribution is -0.999. The third-order valence-corrected chi connectivity index (χ3v) is 6.49. The number of methoxy groups -OCH3 is 1. The zero-order valence-electron chi connectivity index (χ0n) is 15.2. The molecule has 0 saturated carbocycles. The monoisotopic (exact) mass is 367 g/mol. The van der Waals surface area contributed by atoms with Gasteiger partial charge in [-0.2, -0.15) is 0 Å². The van der Waals surface area contributed by atoms with E-state index in [-0.39, 0.29) is 11.9 Å². The second-order valence-electron chi connectivity index (χ2n) is 7.19. The van der Waals surface area contributed by atoms with E-state index in [4.69, 9.17) is 4.74 Å². The number of piperazine rings is 1. The van der Waals surface area contributed by atoms with E-state index in [1.54, 1.807) is 11.3 Å². The predicted molar refractivity (Wildman–Crippen MR) is 97.7 cm³/mol. The fourth-order valence-electron chi connectivity index (χ4n) is 3.75. The van der Waals surface area contributed by atoms with E-state index in [2.05, 4.69) is 12.4 Å². The summed E-state index contributed by atoms with van der Waals surface area (Å²) in [6.07, 6.45) is 5.33. The molecule has 3 N–H and O–H groups in total. The van der Waals surface area contributed by atoms with Crippen molar-refractivity contribution in [3.05, 3.63) is 16.0 Å². The molecule has 1 fully saturated rings. The summed E-state index contributed by atoms with van der Waals surface area (Å²) in [5.74, 6) is -0.332. The van der Waals surface area contributed by atoms with Gasteiger partial charge in [-0.1, -0.05) is 6.42 Å². The molecular weight excluding hydrogens is 338 g/mol. The summed E-state index contributed by atoms with van der Waals surface area (Å²) in [5, 5.41) is 3.70. The van der Waals surface area contributed by atoms with Gasteiger partial charge in [0.05, 0.1) is 19.7 Å². The van der Waals surface area contributed by atoms with E-state index < -0.39 is 0 Å². The summed E-state index contributed by atoms with van der Waals surface area (Å²) in [5.41, 5.74) is 1.69. The van der Waals surface area contributed by atoms with Gasteiger partial charge in [0, 0.05) is 4.88 Å². The average molecular weight is 368 g/mol. The summed E-state index contributed by atoms with van der Waals surface area (Å²) < 4.78 is 4.99. The molecule has 0 atom stereocenters. The molecule has 0 aromatic carbocycles. The number of quaternary nitrogens is 2. The Morgan fingerprint density at radius 1 is 1.12 bits per heavy atom. The molecule has 6 nitrogen and oxygen atoms in total. The largest absolute Gasteiger partial charge is 0.465 e. The van der Waals surface area contributed by atoms with Crippen molar-refractivity contribution >= 4 is 28.2 Å². The fraction of sp³-hybridized carbons (Fsp3) is 0.667. The van der Waals surface area contributed by atoms with Crippen molar-refractivity contribution in [2.45, 2.75) is 32.1 Å². The van der Waals surface area contributed by atoms with Gasteiger partial charge < -0.3 is 19.9 Å². The Morgan fingerprint density at radius 2 is 1.84 bits per heavy atom. The average Bonchev–Trinajstić information content (AvgIpc) is 2.77. The molecule has 25 heavy (non-hydrogen) atoms. The number of fused-ring (bicyclic) bond motifs is 1. The molecule has 2 aliphatic rings. The van der Waals surface area contributed by atoms with Crippen LogP contribution < -0.4 is 15.1 Å². The molecule has 7 heteroatoms. The maximum Gasteiger partial charge on any atom is 0.341 e. The van der Waals surface area contributed by atoms with Crippen molar-refractivity contribution in [1.82, 2.24) is 0 Å². The number of likely N-dealkylation sites (N-methyl/N-ethyl adjacent to an activating group) is 1. The number of ether oxygens (including phenoxy) is 1. The molecule has 1 amide bonds. The first-order valence-electron chi connectivity index (χ1n) is 9.26.